The van der Waals surface area contributed by atoms with Gasteiger partial charge in [0.1, 0.15) is 0 Å². The summed E-state index contributed by atoms with van der Waals surface area (Å²) in [4.78, 5) is 13.1. The molecule has 0 aromatic carbocycles. The molecule has 1 aliphatic heterocycles. The predicted molar refractivity (Wildman–Crippen MR) is 52.7 cm³/mol. The van der Waals surface area contributed by atoms with Crippen LogP contribution in [-0.2, 0) is 15.6 Å². The van der Waals surface area contributed by atoms with E-state index >= 15 is 0 Å². The molecule has 2 N–H and O–H groups in total. The first-order valence-corrected chi connectivity index (χ1v) is 6.14. The van der Waals surface area contributed by atoms with Crippen molar-refractivity contribution >= 4 is 16.7 Å². The SMILES string of the molecule is CS(=O)CCC(=O)N1CC(CN)C1. The first-order chi connectivity index (χ1) is 6.13. The molecule has 0 spiro atoms. The van der Waals surface area contributed by atoms with E-state index in [-0.39, 0.29) is 5.91 Å². The molecule has 1 heterocycles. The van der Waals surface area contributed by atoms with E-state index in [4.69, 9.17) is 5.73 Å². The van der Waals surface area contributed by atoms with Crippen LogP contribution in [0.3, 0.4) is 0 Å². The van der Waals surface area contributed by atoms with Crippen molar-refractivity contribution in [3.63, 3.8) is 0 Å². The van der Waals surface area contributed by atoms with Crippen molar-refractivity contribution < 1.29 is 9.00 Å². The van der Waals surface area contributed by atoms with Gasteiger partial charge in [0.15, 0.2) is 0 Å². The fraction of sp³-hybridized carbons (Fsp3) is 0.875. The maximum Gasteiger partial charge on any atom is 0.223 e. The Morgan fingerprint density at radius 1 is 1.62 bits per heavy atom. The molecular formula is C8H16N2O2S. The van der Waals surface area contributed by atoms with Crippen molar-refractivity contribution in [2.75, 3.05) is 31.6 Å². The first-order valence-electron chi connectivity index (χ1n) is 4.41. The summed E-state index contributed by atoms with van der Waals surface area (Å²) in [6.07, 6.45) is 2.02. The summed E-state index contributed by atoms with van der Waals surface area (Å²) in [6, 6.07) is 0. The molecule has 5 heteroatoms. The Labute approximate surface area is 80.9 Å². The molecule has 76 valence electrons. The smallest absolute Gasteiger partial charge is 0.223 e. The molecule has 1 fully saturated rings. The zero-order chi connectivity index (χ0) is 9.84. The Kier molecular flexibility index (Phi) is 3.87. The second-order valence-corrected chi connectivity index (χ2v) is 4.98. The number of rotatable bonds is 4. The third-order valence-electron chi connectivity index (χ3n) is 2.25. The van der Waals surface area contributed by atoms with Crippen molar-refractivity contribution in [2.45, 2.75) is 6.42 Å². The highest BCUT2D eigenvalue weighted by molar-refractivity contribution is 7.84. The van der Waals surface area contributed by atoms with E-state index in [0.717, 1.165) is 13.1 Å². The molecule has 1 rings (SSSR count). The summed E-state index contributed by atoms with van der Waals surface area (Å²) >= 11 is 0. The van der Waals surface area contributed by atoms with Crippen molar-refractivity contribution in [3.8, 4) is 0 Å². The van der Waals surface area contributed by atoms with E-state index in [2.05, 4.69) is 0 Å². The van der Waals surface area contributed by atoms with E-state index in [0.29, 0.717) is 24.6 Å². The van der Waals surface area contributed by atoms with Gasteiger partial charge in [0.25, 0.3) is 0 Å². The fourth-order valence-electron chi connectivity index (χ4n) is 1.31. The lowest BCUT2D eigenvalue weighted by Gasteiger charge is -2.38. The predicted octanol–water partition coefficient (Wildman–Crippen LogP) is -0.828. The van der Waals surface area contributed by atoms with Crippen LogP contribution < -0.4 is 5.73 Å². The Morgan fingerprint density at radius 3 is 2.69 bits per heavy atom. The Balaban J connectivity index is 2.16. The van der Waals surface area contributed by atoms with Gasteiger partial charge in [-0.3, -0.25) is 9.00 Å². The number of hydrogen-bond acceptors (Lipinski definition) is 3. The number of carbonyl (C=O) groups is 1. The largest absolute Gasteiger partial charge is 0.342 e. The zero-order valence-electron chi connectivity index (χ0n) is 7.86. The van der Waals surface area contributed by atoms with Gasteiger partial charge in [-0.05, 0) is 6.54 Å². The summed E-state index contributed by atoms with van der Waals surface area (Å²) < 4.78 is 10.7. The average molecular weight is 204 g/mol. The third-order valence-corrected chi connectivity index (χ3v) is 3.03. The number of likely N-dealkylation sites (tertiary alicyclic amines) is 1. The molecule has 0 saturated carbocycles. The van der Waals surface area contributed by atoms with Crippen molar-refractivity contribution in [1.82, 2.24) is 4.90 Å². The summed E-state index contributed by atoms with van der Waals surface area (Å²) in [5.74, 6) is 1.07. The topological polar surface area (TPSA) is 63.4 Å². The molecule has 4 nitrogen and oxygen atoms in total. The lowest BCUT2D eigenvalue weighted by molar-refractivity contribution is -0.136. The highest BCUT2D eigenvalue weighted by atomic mass is 32.2. The summed E-state index contributed by atoms with van der Waals surface area (Å²) in [5, 5.41) is 0. The van der Waals surface area contributed by atoms with E-state index in [1.807, 2.05) is 0 Å². The zero-order valence-corrected chi connectivity index (χ0v) is 8.68. The van der Waals surface area contributed by atoms with Crippen molar-refractivity contribution in [3.05, 3.63) is 0 Å². The molecule has 13 heavy (non-hydrogen) atoms. The van der Waals surface area contributed by atoms with Gasteiger partial charge in [-0.25, -0.2) is 0 Å². The molecule has 0 bridgehead atoms. The minimum absolute atomic E-state index is 0.111. The van der Waals surface area contributed by atoms with Gasteiger partial charge < -0.3 is 10.6 Å². The van der Waals surface area contributed by atoms with E-state index in [9.17, 15) is 9.00 Å². The van der Waals surface area contributed by atoms with Gasteiger partial charge >= 0.3 is 0 Å². The average Bonchev–Trinajstić information content (AvgIpc) is 1.99. The van der Waals surface area contributed by atoms with Crippen LogP contribution >= 0.6 is 0 Å². The molecule has 1 amide bonds. The Bertz CT molecular complexity index is 214. The summed E-state index contributed by atoms with van der Waals surface area (Å²) in [7, 11) is -0.863. The van der Waals surface area contributed by atoms with E-state index in [1.165, 1.54) is 0 Å². The van der Waals surface area contributed by atoms with Crippen LogP contribution in [0.15, 0.2) is 0 Å². The van der Waals surface area contributed by atoms with Gasteiger partial charge in [-0.1, -0.05) is 0 Å². The van der Waals surface area contributed by atoms with Crippen LogP contribution in [0.25, 0.3) is 0 Å². The normalized spacial score (nSPS) is 19.7. The second kappa shape index (κ2) is 4.72. The lowest BCUT2D eigenvalue weighted by atomic mass is 10.0. The van der Waals surface area contributed by atoms with Gasteiger partial charge in [0, 0.05) is 48.2 Å². The first kappa shape index (κ1) is 10.7. The molecule has 1 aliphatic rings. The van der Waals surface area contributed by atoms with Crippen molar-refractivity contribution in [1.29, 1.82) is 0 Å². The maximum absolute atomic E-state index is 11.3. The number of amides is 1. The molecular weight excluding hydrogens is 188 g/mol. The maximum atomic E-state index is 11.3. The third kappa shape index (κ3) is 3.08. The number of nitrogens with two attached hydrogens (primary N) is 1. The number of hydrogen-bond donors (Lipinski definition) is 1. The van der Waals surface area contributed by atoms with Crippen LogP contribution in [0.4, 0.5) is 0 Å². The van der Waals surface area contributed by atoms with Crippen LogP contribution in [0.2, 0.25) is 0 Å². The minimum atomic E-state index is -0.863. The summed E-state index contributed by atoms with van der Waals surface area (Å²) in [5.41, 5.74) is 5.43. The molecule has 0 radical (unpaired) electrons. The lowest BCUT2D eigenvalue weighted by Crippen LogP contribution is -2.52. The van der Waals surface area contributed by atoms with Crippen LogP contribution in [0, 0.1) is 5.92 Å². The van der Waals surface area contributed by atoms with Crippen LogP contribution in [0.5, 0.6) is 0 Å². The van der Waals surface area contributed by atoms with Gasteiger partial charge in [0.05, 0.1) is 0 Å². The van der Waals surface area contributed by atoms with Gasteiger partial charge in [-0.15, -0.1) is 0 Å². The van der Waals surface area contributed by atoms with Crippen LogP contribution in [0.1, 0.15) is 6.42 Å². The monoisotopic (exact) mass is 204 g/mol. The van der Waals surface area contributed by atoms with E-state index < -0.39 is 10.8 Å². The van der Waals surface area contributed by atoms with Gasteiger partial charge in [-0.2, -0.15) is 0 Å². The molecule has 1 saturated heterocycles. The second-order valence-electron chi connectivity index (χ2n) is 3.43. The highest BCUT2D eigenvalue weighted by Gasteiger charge is 2.28. The minimum Gasteiger partial charge on any atom is -0.342 e. The molecule has 0 aromatic heterocycles. The number of carbonyl (C=O) groups excluding carboxylic acids is 1. The molecule has 1 atom stereocenters. The molecule has 0 aliphatic carbocycles. The van der Waals surface area contributed by atoms with Crippen LogP contribution in [-0.4, -0.2) is 46.7 Å². The quantitative estimate of drug-likeness (QED) is 0.650. The number of nitrogens with zero attached hydrogens (tertiary/aromatic N) is 1. The van der Waals surface area contributed by atoms with Crippen molar-refractivity contribution in [2.24, 2.45) is 11.7 Å². The molecule has 1 unspecified atom stereocenters. The fourth-order valence-corrected chi connectivity index (χ4v) is 1.77. The highest BCUT2D eigenvalue weighted by Crippen LogP contribution is 2.14. The Hall–Kier alpha value is -0.420. The van der Waals surface area contributed by atoms with Gasteiger partial charge in [0.2, 0.25) is 5.91 Å². The standard InChI is InChI=1S/C8H16N2O2S/c1-13(12)3-2-8(11)10-5-7(4-9)6-10/h7H,2-6,9H2,1H3. The van der Waals surface area contributed by atoms with E-state index in [1.54, 1.807) is 11.2 Å². The summed E-state index contributed by atoms with van der Waals surface area (Å²) in [6.45, 7) is 2.22. The Morgan fingerprint density at radius 2 is 2.23 bits per heavy atom. The molecule has 0 aromatic rings.